The third-order valence-electron chi connectivity index (χ3n) is 2.98. The van der Waals surface area contributed by atoms with Crippen LogP contribution in [0.1, 0.15) is 21.5 Å². The molecule has 0 radical (unpaired) electrons. The van der Waals surface area contributed by atoms with Crippen molar-refractivity contribution in [3.63, 3.8) is 0 Å². The van der Waals surface area contributed by atoms with E-state index in [0.717, 1.165) is 5.56 Å². The molecule has 0 aliphatic rings. The van der Waals surface area contributed by atoms with Crippen LogP contribution in [0.5, 0.6) is 0 Å². The lowest BCUT2D eigenvalue weighted by molar-refractivity contribution is 0.0784. The lowest BCUT2D eigenvalue weighted by Crippen LogP contribution is -2.26. The largest absolute Gasteiger partial charge is 0.472 e. The molecule has 5 heteroatoms. The second-order valence-corrected chi connectivity index (χ2v) is 4.47. The first-order valence-electron chi connectivity index (χ1n) is 5.81. The van der Waals surface area contributed by atoms with E-state index in [1.54, 1.807) is 26.3 Å². The number of hydrogen-bond acceptors (Lipinski definition) is 3. The zero-order valence-corrected chi connectivity index (χ0v) is 10.8. The van der Waals surface area contributed by atoms with Crippen molar-refractivity contribution in [1.29, 1.82) is 0 Å². The molecule has 1 heterocycles. The summed E-state index contributed by atoms with van der Waals surface area (Å²) in [6.07, 6.45) is 3.10. The zero-order valence-electron chi connectivity index (χ0n) is 10.8. The molecule has 0 aliphatic heterocycles. The fourth-order valence-corrected chi connectivity index (χ4v) is 1.77. The second kappa shape index (κ2) is 5.14. The summed E-state index contributed by atoms with van der Waals surface area (Å²) in [5.74, 6) is -0.758. The molecule has 1 amide bonds. The average molecular weight is 262 g/mol. The minimum atomic E-state index is -0.472. The van der Waals surface area contributed by atoms with Gasteiger partial charge in [0.15, 0.2) is 0 Å². The summed E-state index contributed by atoms with van der Waals surface area (Å²) in [5.41, 5.74) is 7.42. The highest BCUT2D eigenvalue weighted by atomic mass is 19.1. The van der Waals surface area contributed by atoms with Crippen LogP contribution in [0.25, 0.3) is 0 Å². The Morgan fingerprint density at radius 1 is 1.47 bits per heavy atom. The monoisotopic (exact) mass is 262 g/mol. The molecule has 1 aromatic carbocycles. The minimum absolute atomic E-state index is 0.242. The van der Waals surface area contributed by atoms with Gasteiger partial charge in [0, 0.05) is 36.0 Å². The maximum Gasteiger partial charge on any atom is 0.254 e. The lowest BCUT2D eigenvalue weighted by atomic mass is 10.1. The Hall–Kier alpha value is -2.30. The number of anilines is 1. The van der Waals surface area contributed by atoms with E-state index < -0.39 is 5.82 Å². The summed E-state index contributed by atoms with van der Waals surface area (Å²) < 4.78 is 18.5. The fourth-order valence-electron chi connectivity index (χ4n) is 1.77. The van der Waals surface area contributed by atoms with Crippen LogP contribution in [0.2, 0.25) is 0 Å². The first-order valence-corrected chi connectivity index (χ1v) is 5.81. The molecule has 0 saturated heterocycles. The van der Waals surface area contributed by atoms with Gasteiger partial charge < -0.3 is 15.1 Å². The third kappa shape index (κ3) is 2.76. The quantitative estimate of drug-likeness (QED) is 0.865. The summed E-state index contributed by atoms with van der Waals surface area (Å²) in [6, 6.07) is 4.47. The van der Waals surface area contributed by atoms with Crippen molar-refractivity contribution < 1.29 is 13.6 Å². The molecule has 4 nitrogen and oxygen atoms in total. The van der Waals surface area contributed by atoms with Crippen LogP contribution in [-0.2, 0) is 6.54 Å². The smallest absolute Gasteiger partial charge is 0.254 e. The molecule has 100 valence electrons. The average Bonchev–Trinajstić information content (AvgIpc) is 2.87. The molecule has 0 bridgehead atoms. The molecule has 0 aliphatic carbocycles. The molecule has 2 rings (SSSR count). The first-order chi connectivity index (χ1) is 8.99. The van der Waals surface area contributed by atoms with Gasteiger partial charge in [0.1, 0.15) is 5.82 Å². The molecule has 0 spiro atoms. The Balaban J connectivity index is 2.19. The number of benzene rings is 1. The van der Waals surface area contributed by atoms with Gasteiger partial charge in [0.05, 0.1) is 12.5 Å². The number of nitrogens with zero attached hydrogens (tertiary/aromatic N) is 1. The summed E-state index contributed by atoms with van der Waals surface area (Å²) in [6.45, 7) is 1.97. The van der Waals surface area contributed by atoms with Gasteiger partial charge in [-0.05, 0) is 25.1 Å². The highest BCUT2D eigenvalue weighted by Crippen LogP contribution is 2.19. The maximum atomic E-state index is 13.6. The maximum absolute atomic E-state index is 13.6. The van der Waals surface area contributed by atoms with Crippen molar-refractivity contribution >= 4 is 11.6 Å². The Morgan fingerprint density at radius 3 is 2.79 bits per heavy atom. The number of rotatable bonds is 3. The zero-order chi connectivity index (χ0) is 14.0. The Labute approximate surface area is 110 Å². The molecule has 0 atom stereocenters. The van der Waals surface area contributed by atoms with Crippen LogP contribution >= 0.6 is 0 Å². The van der Waals surface area contributed by atoms with Crippen LogP contribution in [-0.4, -0.2) is 17.9 Å². The highest BCUT2D eigenvalue weighted by molar-refractivity contribution is 5.95. The number of hydrogen-bond donors (Lipinski definition) is 1. The second-order valence-electron chi connectivity index (χ2n) is 4.47. The van der Waals surface area contributed by atoms with E-state index in [-0.39, 0.29) is 17.2 Å². The predicted octanol–water partition coefficient (Wildman–Crippen LogP) is 2.58. The molecular weight excluding hydrogens is 247 g/mol. The molecule has 0 fully saturated rings. The van der Waals surface area contributed by atoms with Crippen LogP contribution in [0.3, 0.4) is 0 Å². The Kier molecular flexibility index (Phi) is 3.55. The summed E-state index contributed by atoms with van der Waals surface area (Å²) in [5, 5.41) is 0. The number of carbonyl (C=O) groups is 1. The van der Waals surface area contributed by atoms with E-state index in [0.29, 0.717) is 12.1 Å². The number of nitrogens with two attached hydrogens (primary N) is 1. The lowest BCUT2D eigenvalue weighted by Gasteiger charge is -2.17. The van der Waals surface area contributed by atoms with Gasteiger partial charge in [0.25, 0.3) is 5.91 Å². The van der Waals surface area contributed by atoms with Gasteiger partial charge in [-0.1, -0.05) is 0 Å². The van der Waals surface area contributed by atoms with Gasteiger partial charge >= 0.3 is 0 Å². The number of amides is 1. The molecule has 0 unspecified atom stereocenters. The van der Waals surface area contributed by atoms with Gasteiger partial charge in [-0.25, -0.2) is 4.39 Å². The van der Waals surface area contributed by atoms with E-state index in [9.17, 15) is 9.18 Å². The standard InChI is InChI=1S/C14H15FN2O2/c1-9-12(15)5-11(6-13(9)16)14(18)17(2)7-10-3-4-19-8-10/h3-6,8H,7,16H2,1-2H3. The van der Waals surface area contributed by atoms with E-state index in [2.05, 4.69) is 0 Å². The predicted molar refractivity (Wildman–Crippen MR) is 70.1 cm³/mol. The Morgan fingerprint density at radius 2 is 2.21 bits per heavy atom. The molecule has 0 saturated carbocycles. The van der Waals surface area contributed by atoms with Crippen LogP contribution in [0, 0.1) is 12.7 Å². The molecule has 2 N–H and O–H groups in total. The van der Waals surface area contributed by atoms with Crippen molar-refractivity contribution in [1.82, 2.24) is 4.90 Å². The van der Waals surface area contributed by atoms with E-state index in [1.807, 2.05) is 0 Å². The van der Waals surface area contributed by atoms with Gasteiger partial charge in [0.2, 0.25) is 0 Å². The first kappa shape index (κ1) is 13.1. The van der Waals surface area contributed by atoms with Gasteiger partial charge in [-0.15, -0.1) is 0 Å². The van der Waals surface area contributed by atoms with Crippen LogP contribution in [0.4, 0.5) is 10.1 Å². The number of furan rings is 1. The van der Waals surface area contributed by atoms with Crippen molar-refractivity contribution in [2.24, 2.45) is 0 Å². The van der Waals surface area contributed by atoms with Gasteiger partial charge in [-0.3, -0.25) is 4.79 Å². The number of carbonyl (C=O) groups excluding carboxylic acids is 1. The van der Waals surface area contributed by atoms with E-state index in [1.165, 1.54) is 23.3 Å². The summed E-state index contributed by atoms with van der Waals surface area (Å²) >= 11 is 0. The molecular formula is C14H15FN2O2. The summed E-state index contributed by atoms with van der Waals surface area (Å²) in [7, 11) is 1.64. The minimum Gasteiger partial charge on any atom is -0.472 e. The van der Waals surface area contributed by atoms with E-state index >= 15 is 0 Å². The van der Waals surface area contributed by atoms with Crippen molar-refractivity contribution in [3.05, 3.63) is 53.2 Å². The van der Waals surface area contributed by atoms with Crippen molar-refractivity contribution in [2.45, 2.75) is 13.5 Å². The third-order valence-corrected chi connectivity index (χ3v) is 2.98. The number of nitrogen functional groups attached to an aromatic ring is 1. The highest BCUT2D eigenvalue weighted by Gasteiger charge is 2.15. The van der Waals surface area contributed by atoms with E-state index in [4.69, 9.17) is 10.2 Å². The van der Waals surface area contributed by atoms with Crippen LogP contribution < -0.4 is 5.73 Å². The van der Waals surface area contributed by atoms with Crippen molar-refractivity contribution in [2.75, 3.05) is 12.8 Å². The van der Waals surface area contributed by atoms with Gasteiger partial charge in [-0.2, -0.15) is 0 Å². The molecule has 2 aromatic rings. The topological polar surface area (TPSA) is 59.5 Å². The molecule has 19 heavy (non-hydrogen) atoms. The van der Waals surface area contributed by atoms with Crippen molar-refractivity contribution in [3.8, 4) is 0 Å². The molecule has 1 aromatic heterocycles. The Bertz CT molecular complexity index is 570. The van der Waals surface area contributed by atoms with Crippen LogP contribution in [0.15, 0.2) is 35.1 Å². The number of halogens is 1. The normalized spacial score (nSPS) is 10.5. The summed E-state index contributed by atoms with van der Waals surface area (Å²) in [4.78, 5) is 13.6. The SMILES string of the molecule is Cc1c(N)cc(C(=O)N(C)Cc2ccoc2)cc1F. The fraction of sp³-hybridized carbons (Fsp3) is 0.214.